The van der Waals surface area contributed by atoms with Gasteiger partial charge in [0.2, 0.25) is 0 Å². The summed E-state index contributed by atoms with van der Waals surface area (Å²) in [6.07, 6.45) is 0. The Hall–Kier alpha value is -2.37. The fraction of sp³-hybridized carbons (Fsp3) is 0.111. The van der Waals surface area contributed by atoms with Crippen LogP contribution in [0, 0.1) is 0 Å². The van der Waals surface area contributed by atoms with E-state index < -0.39 is 6.04 Å². The summed E-state index contributed by atoms with van der Waals surface area (Å²) in [5.41, 5.74) is 2.21. The molecule has 122 valence electrons. The molecule has 0 aromatic heterocycles. The first-order chi connectivity index (χ1) is 11.5. The number of hydrogen-bond donors (Lipinski definition) is 3. The second-order valence-electron chi connectivity index (χ2n) is 5.47. The van der Waals surface area contributed by atoms with Crippen molar-refractivity contribution in [1.82, 2.24) is 10.6 Å². The Kier molecular flexibility index (Phi) is 4.55. The topological polar surface area (TPSA) is 61.4 Å². The van der Waals surface area contributed by atoms with Crippen LogP contribution in [0.15, 0.2) is 59.8 Å². The van der Waals surface area contributed by atoms with Crippen LogP contribution in [0.2, 0.25) is 5.02 Å². The van der Waals surface area contributed by atoms with E-state index in [2.05, 4.69) is 10.6 Å². The molecule has 3 rings (SSSR count). The molecule has 0 radical (unpaired) electrons. The summed E-state index contributed by atoms with van der Waals surface area (Å²) in [6.45, 7) is 1.79. The predicted octanol–water partition coefficient (Wildman–Crippen LogP) is 3.72. The Balaban J connectivity index is 2.12. The molecule has 0 aliphatic carbocycles. The number of carbonyl (C=O) groups is 1. The molecule has 2 aromatic carbocycles. The lowest BCUT2D eigenvalue weighted by molar-refractivity contribution is 0.102. The smallest absolute Gasteiger partial charge is 0.193 e. The summed E-state index contributed by atoms with van der Waals surface area (Å²) in [6, 6.07) is 13.1. The van der Waals surface area contributed by atoms with Gasteiger partial charge in [0.15, 0.2) is 10.9 Å². The maximum Gasteiger partial charge on any atom is 0.193 e. The minimum absolute atomic E-state index is 0.0489. The second kappa shape index (κ2) is 6.63. The number of nitrogens with one attached hydrogen (secondary N) is 2. The monoisotopic (exact) mass is 358 g/mol. The number of allylic oxidation sites excluding steroid dienone is 1. The summed E-state index contributed by atoms with van der Waals surface area (Å²) in [5.74, 6) is -0.0901. The van der Waals surface area contributed by atoms with Crippen LogP contribution in [0.3, 0.4) is 0 Å². The molecule has 1 aliphatic rings. The van der Waals surface area contributed by atoms with Gasteiger partial charge in [0.1, 0.15) is 5.75 Å². The second-order valence-corrected chi connectivity index (χ2v) is 6.31. The average molecular weight is 359 g/mol. The number of benzene rings is 2. The van der Waals surface area contributed by atoms with Crippen LogP contribution >= 0.6 is 23.8 Å². The number of rotatable bonds is 3. The number of phenols is 1. The van der Waals surface area contributed by atoms with Crippen LogP contribution in [0.1, 0.15) is 28.9 Å². The zero-order valence-electron chi connectivity index (χ0n) is 12.8. The standard InChI is InChI=1S/C18H15ClN2O2S/c1-10-15(17(23)11-5-3-2-4-6-11)16(21-18(24)20-10)13-9-12(19)7-8-14(13)22/h2-9,16,22H,1H3,(H2,20,21,24). The molecule has 3 N–H and O–H groups in total. The molecule has 1 atom stereocenters. The SMILES string of the molecule is CC1=C(C(=O)c2ccccc2)C(c2cc(Cl)ccc2O)NC(=S)N1. The molecule has 6 heteroatoms. The van der Waals surface area contributed by atoms with Crippen LogP contribution in [0.5, 0.6) is 5.75 Å². The summed E-state index contributed by atoms with van der Waals surface area (Å²) in [5, 5.41) is 17.1. The van der Waals surface area contributed by atoms with Crippen molar-refractivity contribution in [2.45, 2.75) is 13.0 Å². The maximum atomic E-state index is 13.0. The van der Waals surface area contributed by atoms with Gasteiger partial charge < -0.3 is 15.7 Å². The minimum Gasteiger partial charge on any atom is -0.508 e. The van der Waals surface area contributed by atoms with Crippen LogP contribution in [0.25, 0.3) is 0 Å². The highest BCUT2D eigenvalue weighted by atomic mass is 35.5. The number of halogens is 1. The molecule has 1 aliphatic heterocycles. The van der Waals surface area contributed by atoms with E-state index in [0.717, 1.165) is 0 Å². The molecule has 4 nitrogen and oxygen atoms in total. The van der Waals surface area contributed by atoms with E-state index >= 15 is 0 Å². The largest absolute Gasteiger partial charge is 0.508 e. The summed E-state index contributed by atoms with van der Waals surface area (Å²) in [7, 11) is 0. The van der Waals surface area contributed by atoms with Gasteiger partial charge in [-0.15, -0.1) is 0 Å². The van der Waals surface area contributed by atoms with Crippen molar-refractivity contribution in [1.29, 1.82) is 0 Å². The van der Waals surface area contributed by atoms with E-state index in [4.69, 9.17) is 23.8 Å². The molecule has 1 heterocycles. The van der Waals surface area contributed by atoms with Crippen molar-refractivity contribution in [2.24, 2.45) is 0 Å². The molecule has 2 aromatic rings. The Morgan fingerprint density at radius 2 is 1.92 bits per heavy atom. The zero-order chi connectivity index (χ0) is 17.3. The molecule has 0 saturated carbocycles. The highest BCUT2D eigenvalue weighted by molar-refractivity contribution is 7.80. The van der Waals surface area contributed by atoms with Crippen LogP contribution in [0.4, 0.5) is 0 Å². The van der Waals surface area contributed by atoms with Gasteiger partial charge in [-0.25, -0.2) is 0 Å². The Morgan fingerprint density at radius 3 is 2.62 bits per heavy atom. The van der Waals surface area contributed by atoms with Crippen LogP contribution in [-0.4, -0.2) is 16.0 Å². The van der Waals surface area contributed by atoms with Gasteiger partial charge in [-0.05, 0) is 37.3 Å². The van der Waals surface area contributed by atoms with Gasteiger partial charge in [-0.2, -0.15) is 0 Å². The maximum absolute atomic E-state index is 13.0. The van der Waals surface area contributed by atoms with Crippen molar-refractivity contribution in [3.8, 4) is 5.75 Å². The first-order valence-electron chi connectivity index (χ1n) is 7.34. The third-order valence-corrected chi connectivity index (χ3v) is 4.31. The number of hydrogen-bond acceptors (Lipinski definition) is 3. The molecular formula is C18H15ClN2O2S. The minimum atomic E-state index is -0.579. The first kappa shape index (κ1) is 16.5. The lowest BCUT2D eigenvalue weighted by Crippen LogP contribution is -2.44. The first-order valence-corrected chi connectivity index (χ1v) is 8.12. The molecule has 24 heavy (non-hydrogen) atoms. The van der Waals surface area contributed by atoms with Gasteiger partial charge in [0.25, 0.3) is 0 Å². The molecule has 0 spiro atoms. The lowest BCUT2D eigenvalue weighted by atomic mass is 9.89. The van der Waals surface area contributed by atoms with Gasteiger partial charge in [-0.1, -0.05) is 41.9 Å². The van der Waals surface area contributed by atoms with E-state index in [1.807, 2.05) is 18.2 Å². The fourth-order valence-corrected chi connectivity index (χ4v) is 3.18. The Morgan fingerprint density at radius 1 is 1.21 bits per heavy atom. The van der Waals surface area contributed by atoms with Crippen molar-refractivity contribution < 1.29 is 9.90 Å². The van der Waals surface area contributed by atoms with Gasteiger partial charge in [0, 0.05) is 27.4 Å². The third kappa shape index (κ3) is 3.13. The summed E-state index contributed by atoms with van der Waals surface area (Å²) >= 11 is 11.3. The van der Waals surface area contributed by atoms with E-state index in [1.165, 1.54) is 6.07 Å². The molecule has 0 bridgehead atoms. The number of Topliss-reactive ketones (excluding diaryl/α,β-unsaturated/α-hetero) is 1. The number of aromatic hydroxyl groups is 1. The van der Waals surface area contributed by atoms with Gasteiger partial charge >= 0.3 is 0 Å². The highest BCUT2D eigenvalue weighted by Crippen LogP contribution is 2.35. The number of carbonyl (C=O) groups excluding carboxylic acids is 1. The summed E-state index contributed by atoms with van der Waals surface area (Å²) < 4.78 is 0. The highest BCUT2D eigenvalue weighted by Gasteiger charge is 2.32. The number of ketones is 1. The van der Waals surface area contributed by atoms with E-state index in [-0.39, 0.29) is 11.5 Å². The van der Waals surface area contributed by atoms with Gasteiger partial charge in [-0.3, -0.25) is 4.79 Å². The van der Waals surface area contributed by atoms with Crippen LogP contribution in [-0.2, 0) is 0 Å². The van der Waals surface area contributed by atoms with E-state index in [1.54, 1.807) is 31.2 Å². The number of phenolic OH excluding ortho intramolecular Hbond substituents is 1. The predicted molar refractivity (Wildman–Crippen MR) is 98.2 cm³/mol. The average Bonchev–Trinajstić information content (AvgIpc) is 2.56. The lowest BCUT2D eigenvalue weighted by Gasteiger charge is -2.30. The van der Waals surface area contributed by atoms with E-state index in [9.17, 15) is 9.90 Å². The molecule has 0 saturated heterocycles. The zero-order valence-corrected chi connectivity index (χ0v) is 14.4. The number of thiocarbonyl (C=S) groups is 1. The van der Waals surface area contributed by atoms with E-state index in [0.29, 0.717) is 32.5 Å². The van der Waals surface area contributed by atoms with Crippen molar-refractivity contribution >= 4 is 34.7 Å². The Labute approximate surface area is 150 Å². The molecule has 1 unspecified atom stereocenters. The third-order valence-electron chi connectivity index (χ3n) is 3.85. The van der Waals surface area contributed by atoms with Crippen molar-refractivity contribution in [3.63, 3.8) is 0 Å². The van der Waals surface area contributed by atoms with Crippen LogP contribution < -0.4 is 10.6 Å². The molecule has 0 fully saturated rings. The van der Waals surface area contributed by atoms with Gasteiger partial charge in [0.05, 0.1) is 6.04 Å². The Bertz CT molecular complexity index is 849. The quantitative estimate of drug-likeness (QED) is 0.576. The summed E-state index contributed by atoms with van der Waals surface area (Å²) in [4.78, 5) is 13.0. The normalized spacial score (nSPS) is 17.2. The fourth-order valence-electron chi connectivity index (χ4n) is 2.73. The molecular weight excluding hydrogens is 344 g/mol. The van der Waals surface area contributed by atoms with Crippen molar-refractivity contribution in [3.05, 3.63) is 76.0 Å². The van der Waals surface area contributed by atoms with Crippen molar-refractivity contribution in [2.75, 3.05) is 0 Å². The molecule has 0 amide bonds.